The predicted molar refractivity (Wildman–Crippen MR) is 190 cm³/mol. The first kappa shape index (κ1) is 26.0. The van der Waals surface area contributed by atoms with Gasteiger partial charge in [0.2, 0.25) is 0 Å². The molecule has 10 rings (SSSR count). The summed E-state index contributed by atoms with van der Waals surface area (Å²) in [5.74, 6) is 2.01. The number of hydrogen-bond acceptors (Lipinski definition) is 4. The van der Waals surface area contributed by atoms with Gasteiger partial charge in [0.25, 0.3) is 0 Å². The van der Waals surface area contributed by atoms with Gasteiger partial charge in [-0.05, 0) is 66.4 Å². The number of hydrogen-bond donors (Lipinski definition) is 2. The second-order valence-electron chi connectivity index (χ2n) is 11.8. The van der Waals surface area contributed by atoms with E-state index < -0.39 is 0 Å². The average molecular weight is 588 g/mol. The molecule has 3 N–H and O–H groups in total. The molecule has 5 heteroatoms. The SMILES string of the molecule is CC.Nc1c(NC2C=CC=CC2)n2c3ccc4c5c(oc4c3c3cc(-c4ccc6oc7ccccc7c6c4)cc1c32)CCC=C5. The minimum Gasteiger partial charge on any atom is -0.460 e. The van der Waals surface area contributed by atoms with Crippen molar-refractivity contribution in [2.45, 2.75) is 39.2 Å². The van der Waals surface area contributed by atoms with Crippen LogP contribution in [0, 0.1) is 0 Å². The number of para-hydroxylation sites is 1. The maximum absolute atomic E-state index is 7.03. The lowest BCUT2D eigenvalue weighted by Crippen LogP contribution is -2.18. The Balaban J connectivity index is 0.00000138. The number of fused-ring (bicyclic) bond motifs is 10. The fourth-order valence-electron chi connectivity index (χ4n) is 7.40. The van der Waals surface area contributed by atoms with Gasteiger partial charge in [-0.25, -0.2) is 0 Å². The van der Waals surface area contributed by atoms with Crippen LogP contribution in [0.3, 0.4) is 0 Å². The van der Waals surface area contributed by atoms with E-state index >= 15 is 0 Å². The van der Waals surface area contributed by atoms with E-state index in [-0.39, 0.29) is 6.04 Å². The van der Waals surface area contributed by atoms with Crippen molar-refractivity contribution in [3.8, 4) is 11.1 Å². The first-order valence-corrected chi connectivity index (χ1v) is 16.0. The summed E-state index contributed by atoms with van der Waals surface area (Å²) in [6.45, 7) is 4.00. The quantitative estimate of drug-likeness (QED) is 0.216. The number of nitrogens with one attached hydrogen (secondary N) is 1. The van der Waals surface area contributed by atoms with E-state index in [1.54, 1.807) is 0 Å². The van der Waals surface area contributed by atoms with Gasteiger partial charge in [-0.1, -0.05) is 74.6 Å². The van der Waals surface area contributed by atoms with Crippen LogP contribution in [-0.4, -0.2) is 10.4 Å². The van der Waals surface area contributed by atoms with Crippen molar-refractivity contribution < 1.29 is 8.83 Å². The molecule has 0 radical (unpaired) electrons. The molecule has 45 heavy (non-hydrogen) atoms. The Labute approximate surface area is 260 Å². The molecule has 4 heterocycles. The molecule has 2 aliphatic rings. The maximum atomic E-state index is 7.03. The Hall–Kier alpha value is -5.42. The molecule has 0 spiro atoms. The molecule has 0 bridgehead atoms. The highest BCUT2D eigenvalue weighted by atomic mass is 16.3. The number of anilines is 2. The van der Waals surface area contributed by atoms with Gasteiger partial charge in [0.05, 0.1) is 22.1 Å². The summed E-state index contributed by atoms with van der Waals surface area (Å²) in [4.78, 5) is 0. The van der Waals surface area contributed by atoms with Crippen molar-refractivity contribution in [1.29, 1.82) is 0 Å². The summed E-state index contributed by atoms with van der Waals surface area (Å²) in [7, 11) is 0. The van der Waals surface area contributed by atoms with Crippen LogP contribution in [-0.2, 0) is 6.42 Å². The summed E-state index contributed by atoms with van der Waals surface area (Å²) in [6.07, 6.45) is 15.9. The van der Waals surface area contributed by atoms with Crippen LogP contribution in [0.25, 0.3) is 77.3 Å². The van der Waals surface area contributed by atoms with Crippen molar-refractivity contribution in [1.82, 2.24) is 4.40 Å². The molecule has 0 saturated heterocycles. The van der Waals surface area contributed by atoms with Crippen molar-refractivity contribution in [3.05, 3.63) is 108 Å². The van der Waals surface area contributed by atoms with Crippen LogP contribution < -0.4 is 11.1 Å². The molecule has 0 saturated carbocycles. The summed E-state index contributed by atoms with van der Waals surface area (Å²) in [6, 6.07) is 23.9. The summed E-state index contributed by atoms with van der Waals surface area (Å²) in [5, 5.41) is 10.5. The minimum atomic E-state index is 0.168. The zero-order valence-corrected chi connectivity index (χ0v) is 25.4. The smallest absolute Gasteiger partial charge is 0.144 e. The molecule has 2 aliphatic carbocycles. The monoisotopic (exact) mass is 587 g/mol. The third-order valence-corrected chi connectivity index (χ3v) is 9.40. The van der Waals surface area contributed by atoms with Gasteiger partial charge in [0.15, 0.2) is 0 Å². The van der Waals surface area contributed by atoms with E-state index in [1.807, 2.05) is 26.0 Å². The van der Waals surface area contributed by atoms with Gasteiger partial charge < -0.3 is 19.9 Å². The Morgan fingerprint density at radius 3 is 2.53 bits per heavy atom. The number of nitrogens with two attached hydrogens (primary N) is 1. The molecule has 5 nitrogen and oxygen atoms in total. The second kappa shape index (κ2) is 9.80. The Morgan fingerprint density at radius 2 is 1.64 bits per heavy atom. The average Bonchev–Trinajstić information content (AvgIpc) is 3.82. The largest absolute Gasteiger partial charge is 0.460 e. The normalized spacial score (nSPS) is 16.0. The molecule has 0 fully saturated rings. The molecule has 4 aromatic carbocycles. The lowest BCUT2D eigenvalue weighted by Gasteiger charge is -2.17. The number of nitrogens with zero attached hydrogens (tertiary/aromatic N) is 1. The van der Waals surface area contributed by atoms with Crippen molar-refractivity contribution in [2.75, 3.05) is 11.1 Å². The molecule has 1 unspecified atom stereocenters. The third kappa shape index (κ3) is 3.67. The van der Waals surface area contributed by atoms with Crippen molar-refractivity contribution >= 4 is 77.7 Å². The molecular formula is C40H33N3O2. The van der Waals surface area contributed by atoms with Gasteiger partial charge >= 0.3 is 0 Å². The van der Waals surface area contributed by atoms with Gasteiger partial charge in [0, 0.05) is 45.0 Å². The van der Waals surface area contributed by atoms with E-state index in [0.29, 0.717) is 0 Å². The number of benzene rings is 4. The molecule has 8 aromatic rings. The first-order valence-electron chi connectivity index (χ1n) is 16.0. The maximum Gasteiger partial charge on any atom is 0.144 e. The van der Waals surface area contributed by atoms with Crippen LogP contribution in [0.2, 0.25) is 0 Å². The molecule has 4 aromatic heterocycles. The number of rotatable bonds is 3. The number of aromatic nitrogens is 1. The number of nitrogen functional groups attached to an aromatic ring is 1. The Bertz CT molecular complexity index is 2530. The number of furan rings is 2. The van der Waals surface area contributed by atoms with Gasteiger partial charge in [0.1, 0.15) is 28.3 Å². The van der Waals surface area contributed by atoms with Crippen LogP contribution in [0.4, 0.5) is 11.5 Å². The lowest BCUT2D eigenvalue weighted by atomic mass is 9.97. The number of aryl methyl sites for hydroxylation is 1. The van der Waals surface area contributed by atoms with Crippen LogP contribution in [0.5, 0.6) is 0 Å². The summed E-state index contributed by atoms with van der Waals surface area (Å²) >= 11 is 0. The highest BCUT2D eigenvalue weighted by Crippen LogP contribution is 2.47. The second-order valence-corrected chi connectivity index (χ2v) is 11.8. The lowest BCUT2D eigenvalue weighted by molar-refractivity contribution is 0.549. The molecule has 0 aliphatic heterocycles. The number of allylic oxidation sites excluding steroid dienone is 3. The van der Waals surface area contributed by atoms with E-state index in [0.717, 1.165) is 102 Å². The minimum absolute atomic E-state index is 0.168. The predicted octanol–water partition coefficient (Wildman–Crippen LogP) is 10.9. The van der Waals surface area contributed by atoms with E-state index in [2.05, 4.69) is 101 Å². The van der Waals surface area contributed by atoms with Crippen LogP contribution in [0.1, 0.15) is 38.0 Å². The summed E-state index contributed by atoms with van der Waals surface area (Å²) < 4.78 is 15.1. The van der Waals surface area contributed by atoms with Crippen LogP contribution in [0.15, 0.2) is 106 Å². The topological polar surface area (TPSA) is 68.7 Å². The zero-order valence-electron chi connectivity index (χ0n) is 25.4. The first-order chi connectivity index (χ1) is 22.2. The van der Waals surface area contributed by atoms with E-state index in [9.17, 15) is 0 Å². The van der Waals surface area contributed by atoms with Crippen molar-refractivity contribution in [2.24, 2.45) is 0 Å². The van der Waals surface area contributed by atoms with E-state index in [1.165, 1.54) is 10.9 Å². The zero-order chi connectivity index (χ0) is 30.2. The standard InChI is InChI=1S/C38H27N3O2.C2H6/c39-35-29-20-22(21-14-17-33-27(18-21)25-11-5-6-12-31(25)42-33)19-28-34-30(16-15-26-24-10-4-7-13-32(24)43-37(26)34)41(36(28)29)38(35)40-23-8-2-1-3-9-23;1-2/h1-6,8,10-12,14-20,23,40H,7,9,13,39H2;1-2H3. The summed E-state index contributed by atoms with van der Waals surface area (Å²) in [5.41, 5.74) is 16.2. The van der Waals surface area contributed by atoms with Gasteiger partial charge in [-0.15, -0.1) is 0 Å². The third-order valence-electron chi connectivity index (χ3n) is 9.40. The fourth-order valence-corrected chi connectivity index (χ4v) is 7.40. The molecule has 220 valence electrons. The van der Waals surface area contributed by atoms with Gasteiger partial charge in [-0.3, -0.25) is 4.40 Å². The Morgan fingerprint density at radius 1 is 0.800 bits per heavy atom. The molecular weight excluding hydrogens is 554 g/mol. The molecule has 0 amide bonds. The highest BCUT2D eigenvalue weighted by Gasteiger charge is 2.26. The Kier molecular flexibility index (Phi) is 5.66. The highest BCUT2D eigenvalue weighted by molar-refractivity contribution is 6.27. The fraction of sp³-hybridized carbons (Fsp3) is 0.150. The molecule has 1 atom stereocenters. The van der Waals surface area contributed by atoms with Gasteiger partial charge in [-0.2, -0.15) is 0 Å². The van der Waals surface area contributed by atoms with E-state index in [4.69, 9.17) is 14.6 Å². The van der Waals surface area contributed by atoms with Crippen molar-refractivity contribution in [3.63, 3.8) is 0 Å². The van der Waals surface area contributed by atoms with Crippen LogP contribution >= 0.6 is 0 Å².